The molecule has 0 atom stereocenters. The Bertz CT molecular complexity index is 2380. The number of nitrogens with zero attached hydrogens (tertiary/aromatic N) is 1. The van der Waals surface area contributed by atoms with Gasteiger partial charge in [-0.3, -0.25) is 0 Å². The first kappa shape index (κ1) is 25.9. The van der Waals surface area contributed by atoms with Gasteiger partial charge in [-0.2, -0.15) is 0 Å². The van der Waals surface area contributed by atoms with E-state index in [1.807, 2.05) is 0 Å². The number of fused-ring (bicyclic) bond motifs is 10. The lowest BCUT2D eigenvalue weighted by molar-refractivity contribution is 0.659. The van der Waals surface area contributed by atoms with E-state index in [9.17, 15) is 0 Å². The molecular formula is C43H31NO. The van der Waals surface area contributed by atoms with Gasteiger partial charge in [0.25, 0.3) is 0 Å². The minimum absolute atomic E-state index is 0.153. The topological polar surface area (TPSA) is 16.4 Å². The van der Waals surface area contributed by atoms with Gasteiger partial charge >= 0.3 is 0 Å². The van der Waals surface area contributed by atoms with Crippen molar-refractivity contribution in [3.05, 3.63) is 163 Å². The van der Waals surface area contributed by atoms with Gasteiger partial charge in [0.15, 0.2) is 0 Å². The van der Waals surface area contributed by atoms with E-state index in [4.69, 9.17) is 4.42 Å². The van der Waals surface area contributed by atoms with Crippen LogP contribution in [-0.4, -0.2) is 0 Å². The molecule has 0 bridgehead atoms. The summed E-state index contributed by atoms with van der Waals surface area (Å²) in [7, 11) is 0. The first-order chi connectivity index (χ1) is 22.1. The molecule has 1 heterocycles. The third-order valence-corrected chi connectivity index (χ3v) is 9.61. The zero-order chi connectivity index (χ0) is 30.1. The Morgan fingerprint density at radius 2 is 1.11 bits per heavy atom. The molecule has 0 fully saturated rings. The lowest BCUT2D eigenvalue weighted by Crippen LogP contribution is -2.15. The monoisotopic (exact) mass is 577 g/mol. The maximum atomic E-state index is 6.90. The van der Waals surface area contributed by atoms with Crippen LogP contribution in [0, 0.1) is 0 Å². The maximum Gasteiger partial charge on any atom is 0.143 e. The van der Waals surface area contributed by atoms with Crippen LogP contribution in [0.4, 0.5) is 17.1 Å². The first-order valence-corrected chi connectivity index (χ1v) is 15.6. The number of para-hydroxylation sites is 1. The largest absolute Gasteiger partial charge is 0.455 e. The summed E-state index contributed by atoms with van der Waals surface area (Å²) in [6.45, 7) is 4.71. The second kappa shape index (κ2) is 9.70. The molecule has 2 nitrogen and oxygen atoms in total. The third kappa shape index (κ3) is 3.82. The third-order valence-electron chi connectivity index (χ3n) is 9.61. The first-order valence-electron chi connectivity index (χ1n) is 15.6. The average Bonchev–Trinajstić information content (AvgIpc) is 3.58. The Labute approximate surface area is 262 Å². The van der Waals surface area contributed by atoms with Crippen molar-refractivity contribution in [1.29, 1.82) is 0 Å². The normalized spacial score (nSPS) is 13.3. The van der Waals surface area contributed by atoms with Crippen molar-refractivity contribution in [2.45, 2.75) is 19.3 Å². The predicted octanol–water partition coefficient (Wildman–Crippen LogP) is 12.2. The zero-order valence-electron chi connectivity index (χ0n) is 25.3. The van der Waals surface area contributed by atoms with Crippen LogP contribution in [0.1, 0.15) is 25.0 Å². The highest BCUT2D eigenvalue weighted by atomic mass is 16.3. The van der Waals surface area contributed by atoms with Crippen LogP contribution in [0.5, 0.6) is 0 Å². The molecule has 1 aliphatic carbocycles. The minimum atomic E-state index is -0.153. The van der Waals surface area contributed by atoms with Crippen LogP contribution in [-0.2, 0) is 5.41 Å². The molecule has 214 valence electrons. The number of benzene rings is 7. The van der Waals surface area contributed by atoms with Gasteiger partial charge in [0, 0.05) is 44.7 Å². The van der Waals surface area contributed by atoms with Gasteiger partial charge in [0.2, 0.25) is 0 Å². The van der Waals surface area contributed by atoms with Gasteiger partial charge in [-0.25, -0.2) is 0 Å². The zero-order valence-corrected chi connectivity index (χ0v) is 25.3. The van der Waals surface area contributed by atoms with Crippen LogP contribution in [0.25, 0.3) is 55.0 Å². The van der Waals surface area contributed by atoms with Crippen LogP contribution in [0.3, 0.4) is 0 Å². The minimum Gasteiger partial charge on any atom is -0.455 e. The van der Waals surface area contributed by atoms with Crippen LogP contribution < -0.4 is 4.90 Å². The summed E-state index contributed by atoms with van der Waals surface area (Å²) in [5, 5.41) is 4.80. The second-order valence-electron chi connectivity index (χ2n) is 12.5. The highest BCUT2D eigenvalue weighted by Crippen LogP contribution is 2.56. The summed E-state index contributed by atoms with van der Waals surface area (Å²) in [6.07, 6.45) is 0. The molecule has 7 aromatic carbocycles. The fraction of sp³-hybridized carbons (Fsp3) is 0.0698. The summed E-state index contributed by atoms with van der Waals surface area (Å²) in [5.41, 5.74) is 12.8. The molecule has 9 rings (SSSR count). The van der Waals surface area contributed by atoms with Crippen molar-refractivity contribution in [3.63, 3.8) is 0 Å². The van der Waals surface area contributed by atoms with E-state index in [0.29, 0.717) is 0 Å². The summed E-state index contributed by atoms with van der Waals surface area (Å²) >= 11 is 0. The smallest absolute Gasteiger partial charge is 0.143 e. The number of hydrogen-bond acceptors (Lipinski definition) is 2. The molecule has 0 spiro atoms. The number of anilines is 3. The summed E-state index contributed by atoms with van der Waals surface area (Å²) in [4.78, 5) is 2.31. The van der Waals surface area contributed by atoms with Crippen molar-refractivity contribution in [1.82, 2.24) is 0 Å². The van der Waals surface area contributed by atoms with E-state index in [0.717, 1.165) is 39.0 Å². The summed E-state index contributed by atoms with van der Waals surface area (Å²) in [6, 6.07) is 54.3. The Morgan fingerprint density at radius 3 is 1.89 bits per heavy atom. The van der Waals surface area contributed by atoms with E-state index in [2.05, 4.69) is 170 Å². The van der Waals surface area contributed by atoms with Gasteiger partial charge in [0.05, 0.1) is 0 Å². The fourth-order valence-corrected chi connectivity index (χ4v) is 7.56. The van der Waals surface area contributed by atoms with Crippen LogP contribution >= 0.6 is 0 Å². The van der Waals surface area contributed by atoms with E-state index >= 15 is 0 Å². The highest BCUT2D eigenvalue weighted by molar-refractivity contribution is 6.23. The van der Waals surface area contributed by atoms with Crippen LogP contribution in [0.2, 0.25) is 0 Å². The Balaban J connectivity index is 1.27. The molecule has 2 heteroatoms. The van der Waals surface area contributed by atoms with Gasteiger partial charge in [-0.05, 0) is 75.2 Å². The molecule has 45 heavy (non-hydrogen) atoms. The van der Waals surface area contributed by atoms with E-state index in [-0.39, 0.29) is 5.41 Å². The Morgan fingerprint density at radius 1 is 0.511 bits per heavy atom. The SMILES string of the molecule is CC1(C)c2ccccc2-c2c1c1c3ccc(N(c4ccccc4)c4ccc(-c5ccccc5)cc4)cc3oc1c1ccccc21. The van der Waals surface area contributed by atoms with Crippen LogP contribution in [0.15, 0.2) is 156 Å². The quantitative estimate of drug-likeness (QED) is 0.207. The molecular weight excluding hydrogens is 546 g/mol. The number of furan rings is 1. The van der Waals surface area contributed by atoms with Gasteiger partial charge in [0.1, 0.15) is 11.2 Å². The molecule has 0 unspecified atom stereocenters. The average molecular weight is 578 g/mol. The maximum absolute atomic E-state index is 6.90. The van der Waals surface area contributed by atoms with Crippen molar-refractivity contribution in [3.8, 4) is 22.3 Å². The van der Waals surface area contributed by atoms with Crippen molar-refractivity contribution >= 4 is 49.8 Å². The van der Waals surface area contributed by atoms with E-state index < -0.39 is 0 Å². The molecule has 0 N–H and O–H groups in total. The fourth-order valence-electron chi connectivity index (χ4n) is 7.56. The molecule has 8 aromatic rings. The van der Waals surface area contributed by atoms with E-state index in [1.165, 1.54) is 44.2 Å². The van der Waals surface area contributed by atoms with Gasteiger partial charge in [-0.15, -0.1) is 0 Å². The highest BCUT2D eigenvalue weighted by Gasteiger charge is 2.39. The lowest BCUT2D eigenvalue weighted by atomic mass is 9.79. The number of hydrogen-bond donors (Lipinski definition) is 0. The van der Waals surface area contributed by atoms with Crippen molar-refractivity contribution < 1.29 is 4.42 Å². The lowest BCUT2D eigenvalue weighted by Gasteiger charge is -2.25. The predicted molar refractivity (Wildman–Crippen MR) is 189 cm³/mol. The summed E-state index contributed by atoms with van der Waals surface area (Å²) in [5.74, 6) is 0. The molecule has 1 aliphatic rings. The summed E-state index contributed by atoms with van der Waals surface area (Å²) < 4.78 is 6.90. The molecule has 0 amide bonds. The van der Waals surface area contributed by atoms with Crippen molar-refractivity contribution in [2.24, 2.45) is 0 Å². The molecule has 0 saturated carbocycles. The Hall–Kier alpha value is -5.60. The Kier molecular flexibility index (Phi) is 5.58. The standard InChI is InChI=1S/C43H31NO/c1-43(2)37-20-12-11-19-35(37)39-33-17-9-10-18-34(33)42-40(41(39)43)36-26-25-32(27-38(36)45-42)44(30-15-7-4-8-16-30)31-23-21-29(22-24-31)28-13-5-3-6-14-28/h3-27H,1-2H3. The van der Waals surface area contributed by atoms with Crippen molar-refractivity contribution in [2.75, 3.05) is 4.90 Å². The second-order valence-corrected chi connectivity index (χ2v) is 12.5. The molecule has 0 saturated heterocycles. The number of rotatable bonds is 4. The molecule has 1 aromatic heterocycles. The van der Waals surface area contributed by atoms with Gasteiger partial charge < -0.3 is 9.32 Å². The molecule has 0 radical (unpaired) electrons. The van der Waals surface area contributed by atoms with Gasteiger partial charge in [-0.1, -0.05) is 123 Å². The molecule has 0 aliphatic heterocycles. The van der Waals surface area contributed by atoms with E-state index in [1.54, 1.807) is 0 Å².